The molecule has 0 fully saturated rings. The number of halogens is 1. The number of anilines is 1. The summed E-state index contributed by atoms with van der Waals surface area (Å²) >= 11 is 0. The van der Waals surface area contributed by atoms with Crippen LogP contribution in [-0.2, 0) is 10.0 Å². The molecule has 0 heterocycles. The highest BCUT2D eigenvalue weighted by Gasteiger charge is 2.22. The molecule has 7 heteroatoms. The minimum absolute atomic E-state index is 0.0243. The van der Waals surface area contributed by atoms with Crippen LogP contribution in [0.5, 0.6) is 5.75 Å². The Balaban J connectivity index is 1.80. The lowest BCUT2D eigenvalue weighted by atomic mass is 10.2. The van der Waals surface area contributed by atoms with E-state index in [0.717, 1.165) is 4.31 Å². The number of carbonyl (C=O) groups is 1. The number of nitrogens with zero attached hydrogens (tertiary/aromatic N) is 1. The second-order valence-electron chi connectivity index (χ2n) is 5.65. The molecule has 3 aromatic rings. The van der Waals surface area contributed by atoms with Crippen molar-refractivity contribution < 1.29 is 22.3 Å². The third-order valence-electron chi connectivity index (χ3n) is 3.91. The van der Waals surface area contributed by atoms with Crippen LogP contribution < -0.4 is 9.04 Å². The number of hydrogen-bond donors (Lipinski definition) is 0. The summed E-state index contributed by atoms with van der Waals surface area (Å²) in [7, 11) is -2.33. The predicted molar refractivity (Wildman–Crippen MR) is 99.8 cm³/mol. The Morgan fingerprint density at radius 2 is 1.48 bits per heavy atom. The SMILES string of the molecule is CN(c1ccccc1)S(=O)(=O)c1ccc(C(=O)Oc2ccccc2F)cc1. The minimum Gasteiger partial charge on any atom is -0.420 e. The van der Waals surface area contributed by atoms with Gasteiger partial charge in [0.15, 0.2) is 11.6 Å². The summed E-state index contributed by atoms with van der Waals surface area (Å²) in [5.41, 5.74) is 0.625. The number of rotatable bonds is 5. The zero-order chi connectivity index (χ0) is 19.4. The van der Waals surface area contributed by atoms with Gasteiger partial charge in [0.2, 0.25) is 0 Å². The maximum Gasteiger partial charge on any atom is 0.343 e. The van der Waals surface area contributed by atoms with Crippen LogP contribution in [0.3, 0.4) is 0 Å². The predicted octanol–water partition coefficient (Wildman–Crippen LogP) is 3.87. The van der Waals surface area contributed by atoms with Crippen molar-refractivity contribution in [3.05, 3.63) is 90.2 Å². The Labute approximate surface area is 156 Å². The van der Waals surface area contributed by atoms with Gasteiger partial charge in [-0.2, -0.15) is 0 Å². The van der Waals surface area contributed by atoms with E-state index in [1.54, 1.807) is 36.4 Å². The molecular weight excluding hydrogens is 369 g/mol. The molecule has 0 atom stereocenters. The fraction of sp³-hybridized carbons (Fsp3) is 0.0500. The van der Waals surface area contributed by atoms with Gasteiger partial charge in [-0.05, 0) is 48.5 Å². The van der Waals surface area contributed by atoms with Crippen molar-refractivity contribution in [3.63, 3.8) is 0 Å². The zero-order valence-corrected chi connectivity index (χ0v) is 15.2. The van der Waals surface area contributed by atoms with Gasteiger partial charge in [0, 0.05) is 7.05 Å². The number of carbonyl (C=O) groups excluding carboxylic acids is 1. The molecule has 0 saturated heterocycles. The molecule has 138 valence electrons. The van der Waals surface area contributed by atoms with Crippen molar-refractivity contribution in [3.8, 4) is 5.75 Å². The normalized spacial score (nSPS) is 11.0. The maximum absolute atomic E-state index is 13.6. The standard InChI is InChI=1S/C20H16FNO4S/c1-22(16-7-3-2-4-8-16)27(24,25)17-13-11-15(12-14-17)20(23)26-19-10-6-5-9-18(19)21/h2-14H,1H3. The van der Waals surface area contributed by atoms with Gasteiger partial charge in [0.25, 0.3) is 10.0 Å². The fourth-order valence-corrected chi connectivity index (χ4v) is 3.58. The Morgan fingerprint density at radius 1 is 0.889 bits per heavy atom. The molecule has 0 aliphatic rings. The molecule has 0 aromatic heterocycles. The first kappa shape index (κ1) is 18.6. The Kier molecular flexibility index (Phi) is 5.23. The van der Waals surface area contributed by atoms with Crippen molar-refractivity contribution in [2.24, 2.45) is 0 Å². The van der Waals surface area contributed by atoms with Crippen LogP contribution in [0.1, 0.15) is 10.4 Å². The number of benzene rings is 3. The van der Waals surface area contributed by atoms with Crippen LogP contribution in [0.25, 0.3) is 0 Å². The van der Waals surface area contributed by atoms with Crippen molar-refractivity contribution in [2.45, 2.75) is 4.90 Å². The van der Waals surface area contributed by atoms with Crippen molar-refractivity contribution >= 4 is 21.7 Å². The van der Waals surface area contributed by atoms with Gasteiger partial charge in [-0.25, -0.2) is 17.6 Å². The van der Waals surface area contributed by atoms with Crippen LogP contribution in [0.15, 0.2) is 83.8 Å². The number of esters is 1. The van der Waals surface area contributed by atoms with E-state index in [1.807, 2.05) is 0 Å². The molecule has 0 radical (unpaired) electrons. The molecule has 0 N–H and O–H groups in total. The maximum atomic E-state index is 13.6. The van der Waals surface area contributed by atoms with Gasteiger partial charge in [-0.3, -0.25) is 4.31 Å². The summed E-state index contributed by atoms with van der Waals surface area (Å²) in [6, 6.07) is 19.4. The second kappa shape index (κ2) is 7.59. The van der Waals surface area contributed by atoms with E-state index in [1.165, 1.54) is 49.5 Å². The van der Waals surface area contributed by atoms with Gasteiger partial charge in [0.05, 0.1) is 16.1 Å². The number of sulfonamides is 1. The summed E-state index contributed by atoms with van der Waals surface area (Å²) in [6.45, 7) is 0. The molecule has 27 heavy (non-hydrogen) atoms. The Morgan fingerprint density at radius 3 is 2.11 bits per heavy atom. The molecule has 3 aromatic carbocycles. The largest absolute Gasteiger partial charge is 0.420 e. The summed E-state index contributed by atoms with van der Waals surface area (Å²) in [5, 5.41) is 0. The summed E-state index contributed by atoms with van der Waals surface area (Å²) in [6.07, 6.45) is 0. The lowest BCUT2D eigenvalue weighted by molar-refractivity contribution is 0.0727. The van der Waals surface area contributed by atoms with E-state index in [9.17, 15) is 17.6 Å². The van der Waals surface area contributed by atoms with Crippen LogP contribution in [0.4, 0.5) is 10.1 Å². The Hall–Kier alpha value is -3.19. The molecule has 0 aliphatic carbocycles. The highest BCUT2D eigenvalue weighted by molar-refractivity contribution is 7.92. The van der Waals surface area contributed by atoms with E-state index in [-0.39, 0.29) is 16.2 Å². The van der Waals surface area contributed by atoms with Gasteiger partial charge >= 0.3 is 5.97 Å². The lowest BCUT2D eigenvalue weighted by Gasteiger charge is -2.19. The molecule has 0 bridgehead atoms. The highest BCUT2D eigenvalue weighted by atomic mass is 32.2. The average Bonchev–Trinajstić information content (AvgIpc) is 2.70. The lowest BCUT2D eigenvalue weighted by Crippen LogP contribution is -2.26. The van der Waals surface area contributed by atoms with E-state index in [4.69, 9.17) is 4.74 Å². The minimum atomic E-state index is -3.78. The second-order valence-corrected chi connectivity index (χ2v) is 7.62. The molecule has 0 aliphatic heterocycles. The smallest absolute Gasteiger partial charge is 0.343 e. The van der Waals surface area contributed by atoms with Crippen LogP contribution in [0, 0.1) is 5.82 Å². The molecule has 0 amide bonds. The van der Waals surface area contributed by atoms with E-state index < -0.39 is 21.8 Å². The van der Waals surface area contributed by atoms with Gasteiger partial charge in [-0.1, -0.05) is 30.3 Å². The Bertz CT molecular complexity index is 1050. The van der Waals surface area contributed by atoms with Crippen molar-refractivity contribution in [1.82, 2.24) is 0 Å². The molecule has 3 rings (SSSR count). The average molecular weight is 385 g/mol. The quantitative estimate of drug-likeness (QED) is 0.494. The first-order chi connectivity index (χ1) is 12.9. The number of para-hydroxylation sites is 2. The first-order valence-corrected chi connectivity index (χ1v) is 9.44. The first-order valence-electron chi connectivity index (χ1n) is 8.00. The van der Waals surface area contributed by atoms with E-state index in [0.29, 0.717) is 5.69 Å². The molecule has 5 nitrogen and oxygen atoms in total. The third kappa shape index (κ3) is 3.98. The summed E-state index contributed by atoms with van der Waals surface area (Å²) < 4.78 is 45.1. The summed E-state index contributed by atoms with van der Waals surface area (Å²) in [5.74, 6) is -1.63. The van der Waals surface area contributed by atoms with Crippen LogP contribution in [0.2, 0.25) is 0 Å². The third-order valence-corrected chi connectivity index (χ3v) is 5.71. The topological polar surface area (TPSA) is 63.7 Å². The molecule has 0 saturated carbocycles. The molecule has 0 unspecified atom stereocenters. The zero-order valence-electron chi connectivity index (χ0n) is 14.4. The number of ether oxygens (including phenoxy) is 1. The van der Waals surface area contributed by atoms with Crippen LogP contribution >= 0.6 is 0 Å². The fourth-order valence-electron chi connectivity index (χ4n) is 2.38. The summed E-state index contributed by atoms with van der Waals surface area (Å²) in [4.78, 5) is 12.2. The number of hydrogen-bond acceptors (Lipinski definition) is 4. The van der Waals surface area contributed by atoms with Crippen molar-refractivity contribution in [2.75, 3.05) is 11.4 Å². The van der Waals surface area contributed by atoms with E-state index in [2.05, 4.69) is 0 Å². The molecule has 0 spiro atoms. The van der Waals surface area contributed by atoms with E-state index >= 15 is 0 Å². The molecular formula is C20H16FNO4S. The van der Waals surface area contributed by atoms with Crippen molar-refractivity contribution in [1.29, 1.82) is 0 Å². The van der Waals surface area contributed by atoms with Gasteiger partial charge in [0.1, 0.15) is 0 Å². The van der Waals surface area contributed by atoms with Gasteiger partial charge < -0.3 is 4.74 Å². The monoisotopic (exact) mass is 385 g/mol. The van der Waals surface area contributed by atoms with Crippen LogP contribution in [-0.4, -0.2) is 21.4 Å². The highest BCUT2D eigenvalue weighted by Crippen LogP contribution is 2.22. The van der Waals surface area contributed by atoms with Gasteiger partial charge in [-0.15, -0.1) is 0 Å².